The van der Waals surface area contributed by atoms with Crippen molar-refractivity contribution in [1.29, 1.82) is 0 Å². The fourth-order valence-corrected chi connectivity index (χ4v) is 2.77. The summed E-state index contributed by atoms with van der Waals surface area (Å²) in [5.74, 6) is 1.21. The highest BCUT2D eigenvalue weighted by Gasteiger charge is 2.28. The highest BCUT2D eigenvalue weighted by Crippen LogP contribution is 2.32. The summed E-state index contributed by atoms with van der Waals surface area (Å²) in [6, 6.07) is 2.08. The quantitative estimate of drug-likeness (QED) is 0.922. The van der Waals surface area contributed by atoms with E-state index in [4.69, 9.17) is 10.5 Å². The Balaban J connectivity index is 2.61. The minimum Gasteiger partial charge on any atom is -0.383 e. The van der Waals surface area contributed by atoms with Crippen molar-refractivity contribution >= 4 is 27.4 Å². The molecule has 0 radical (unpaired) electrons. The van der Waals surface area contributed by atoms with Crippen LogP contribution in [0.2, 0.25) is 0 Å². The Hall–Kier alpha value is -1.20. The molecular formula is C13H19N3OS. The number of ether oxygens (including phenoxy) is 1. The predicted molar refractivity (Wildman–Crippen MR) is 75.9 cm³/mol. The lowest BCUT2D eigenvalue weighted by Crippen LogP contribution is -2.26. The Morgan fingerprint density at radius 2 is 2.11 bits per heavy atom. The van der Waals surface area contributed by atoms with Gasteiger partial charge in [0.05, 0.1) is 5.39 Å². The summed E-state index contributed by atoms with van der Waals surface area (Å²) in [7, 11) is 1.68. The lowest BCUT2D eigenvalue weighted by atomic mass is 10.0. The second-order valence-electron chi connectivity index (χ2n) is 4.51. The first kappa shape index (κ1) is 13.2. The number of methoxy groups -OCH3 is 1. The van der Waals surface area contributed by atoms with Crippen molar-refractivity contribution in [3.63, 3.8) is 0 Å². The Kier molecular flexibility index (Phi) is 3.54. The number of hydrogen-bond donors (Lipinski definition) is 1. The number of hydrogen-bond acceptors (Lipinski definition) is 5. The molecule has 0 aliphatic heterocycles. The van der Waals surface area contributed by atoms with E-state index in [1.54, 1.807) is 18.4 Å². The van der Waals surface area contributed by atoms with Gasteiger partial charge in [0.1, 0.15) is 16.2 Å². The average molecular weight is 265 g/mol. The molecule has 2 N–H and O–H groups in total. The molecule has 2 aromatic heterocycles. The Morgan fingerprint density at radius 3 is 2.67 bits per heavy atom. The van der Waals surface area contributed by atoms with Crippen molar-refractivity contribution in [2.75, 3.05) is 12.8 Å². The number of nitrogens with two attached hydrogens (primary N) is 1. The molecule has 0 aliphatic carbocycles. The third-order valence-corrected chi connectivity index (χ3v) is 4.59. The molecule has 0 aromatic carbocycles. The first-order chi connectivity index (χ1) is 8.54. The second-order valence-corrected chi connectivity index (χ2v) is 5.62. The van der Waals surface area contributed by atoms with Gasteiger partial charge in [-0.2, -0.15) is 0 Å². The van der Waals surface area contributed by atoms with Crippen LogP contribution in [-0.2, 0) is 16.8 Å². The van der Waals surface area contributed by atoms with Crippen molar-refractivity contribution in [3.8, 4) is 0 Å². The summed E-state index contributed by atoms with van der Waals surface area (Å²) >= 11 is 1.68. The maximum absolute atomic E-state index is 6.03. The molecule has 4 nitrogen and oxygen atoms in total. The minimum atomic E-state index is -0.474. The van der Waals surface area contributed by atoms with E-state index in [0.29, 0.717) is 11.6 Å². The van der Waals surface area contributed by atoms with Gasteiger partial charge in [-0.05, 0) is 25.8 Å². The number of aromatic nitrogens is 2. The second kappa shape index (κ2) is 4.82. The largest absolute Gasteiger partial charge is 0.383 e. The van der Waals surface area contributed by atoms with Gasteiger partial charge in [0.2, 0.25) is 0 Å². The monoisotopic (exact) mass is 265 g/mol. The van der Waals surface area contributed by atoms with Crippen molar-refractivity contribution in [1.82, 2.24) is 9.97 Å². The molecule has 0 fully saturated rings. The predicted octanol–water partition coefficient (Wildman–Crippen LogP) is 3.11. The number of rotatable bonds is 4. The van der Waals surface area contributed by atoms with Gasteiger partial charge in [-0.25, -0.2) is 9.97 Å². The van der Waals surface area contributed by atoms with Crippen LogP contribution in [0.3, 0.4) is 0 Å². The lowest BCUT2D eigenvalue weighted by molar-refractivity contribution is -0.00853. The van der Waals surface area contributed by atoms with E-state index in [1.165, 1.54) is 4.88 Å². The van der Waals surface area contributed by atoms with Crippen molar-refractivity contribution < 1.29 is 4.74 Å². The smallest absolute Gasteiger partial charge is 0.163 e. The van der Waals surface area contributed by atoms with Crippen LogP contribution in [0.15, 0.2) is 6.07 Å². The first-order valence-electron chi connectivity index (χ1n) is 6.15. The number of thiophene rings is 1. The fraction of sp³-hybridized carbons (Fsp3) is 0.538. The van der Waals surface area contributed by atoms with Gasteiger partial charge in [0.15, 0.2) is 5.82 Å². The van der Waals surface area contributed by atoms with Crippen molar-refractivity contribution in [3.05, 3.63) is 16.8 Å². The molecule has 5 heteroatoms. The average Bonchev–Trinajstić information content (AvgIpc) is 2.81. The van der Waals surface area contributed by atoms with E-state index < -0.39 is 5.60 Å². The normalized spacial score (nSPS) is 14.9. The molecule has 1 unspecified atom stereocenters. The Labute approximate surface area is 111 Å². The van der Waals surface area contributed by atoms with E-state index in [9.17, 15) is 0 Å². The number of anilines is 1. The molecule has 2 rings (SSSR count). The maximum Gasteiger partial charge on any atom is 0.163 e. The first-order valence-corrected chi connectivity index (χ1v) is 6.97. The van der Waals surface area contributed by atoms with E-state index in [1.807, 2.05) is 6.92 Å². The van der Waals surface area contributed by atoms with Crippen molar-refractivity contribution in [2.45, 2.75) is 39.2 Å². The fourth-order valence-electron chi connectivity index (χ4n) is 1.80. The van der Waals surface area contributed by atoms with Crippen LogP contribution >= 0.6 is 11.3 Å². The topological polar surface area (TPSA) is 61.0 Å². The maximum atomic E-state index is 6.03. The van der Waals surface area contributed by atoms with Crippen LogP contribution < -0.4 is 5.73 Å². The van der Waals surface area contributed by atoms with Gasteiger partial charge in [0.25, 0.3) is 0 Å². The highest BCUT2D eigenvalue weighted by molar-refractivity contribution is 7.18. The molecule has 0 amide bonds. The van der Waals surface area contributed by atoms with Crippen LogP contribution in [0, 0.1) is 0 Å². The summed E-state index contributed by atoms with van der Waals surface area (Å²) < 4.78 is 5.53. The molecule has 1 atom stereocenters. The van der Waals surface area contributed by atoms with Crippen LogP contribution in [0.5, 0.6) is 0 Å². The Bertz CT molecular complexity index is 561. The summed E-state index contributed by atoms with van der Waals surface area (Å²) in [6.45, 7) is 6.17. The number of aryl methyl sites for hydroxylation is 1. The third-order valence-electron chi connectivity index (χ3n) is 3.42. The van der Waals surface area contributed by atoms with Gasteiger partial charge in [-0.15, -0.1) is 11.3 Å². The van der Waals surface area contributed by atoms with Gasteiger partial charge >= 0.3 is 0 Å². The summed E-state index contributed by atoms with van der Waals surface area (Å²) in [4.78, 5) is 11.3. The summed E-state index contributed by atoms with van der Waals surface area (Å²) in [6.07, 6.45) is 1.80. The van der Waals surface area contributed by atoms with Gasteiger partial charge < -0.3 is 10.5 Å². The van der Waals surface area contributed by atoms with Crippen LogP contribution in [0.25, 0.3) is 10.2 Å². The molecule has 2 aromatic rings. The van der Waals surface area contributed by atoms with Crippen LogP contribution in [-0.4, -0.2) is 17.1 Å². The van der Waals surface area contributed by atoms with Crippen LogP contribution in [0.1, 0.15) is 37.9 Å². The van der Waals surface area contributed by atoms with Gasteiger partial charge in [-0.3, -0.25) is 0 Å². The zero-order valence-electron chi connectivity index (χ0n) is 11.3. The lowest BCUT2D eigenvalue weighted by Gasteiger charge is -2.24. The molecule has 0 aliphatic rings. The third kappa shape index (κ3) is 2.08. The molecule has 0 saturated heterocycles. The molecule has 0 bridgehead atoms. The van der Waals surface area contributed by atoms with Crippen molar-refractivity contribution in [2.24, 2.45) is 0 Å². The molecule has 0 spiro atoms. The Morgan fingerprint density at radius 1 is 1.39 bits per heavy atom. The minimum absolute atomic E-state index is 0.474. The van der Waals surface area contributed by atoms with E-state index in [-0.39, 0.29) is 0 Å². The number of nitrogens with zero attached hydrogens (tertiary/aromatic N) is 2. The van der Waals surface area contributed by atoms with Gasteiger partial charge in [-0.1, -0.05) is 13.8 Å². The molecular weight excluding hydrogens is 246 g/mol. The molecule has 98 valence electrons. The van der Waals surface area contributed by atoms with Crippen LogP contribution in [0.4, 0.5) is 5.82 Å². The summed E-state index contributed by atoms with van der Waals surface area (Å²) in [5, 5.41) is 0.954. The molecule has 18 heavy (non-hydrogen) atoms. The zero-order chi connectivity index (χ0) is 13.3. The van der Waals surface area contributed by atoms with E-state index in [2.05, 4.69) is 29.9 Å². The molecule has 2 heterocycles. The molecule has 0 saturated carbocycles. The SMILES string of the molecule is CCc1cc2c(N)nc(C(C)(CC)OC)nc2s1. The van der Waals surface area contributed by atoms with Gasteiger partial charge in [0, 0.05) is 12.0 Å². The number of fused-ring (bicyclic) bond motifs is 1. The number of nitrogen functional groups attached to an aromatic ring is 1. The zero-order valence-corrected chi connectivity index (χ0v) is 12.1. The van der Waals surface area contributed by atoms with E-state index in [0.717, 1.165) is 23.1 Å². The van der Waals surface area contributed by atoms with E-state index >= 15 is 0 Å². The summed E-state index contributed by atoms with van der Waals surface area (Å²) in [5.41, 5.74) is 5.56. The highest BCUT2D eigenvalue weighted by atomic mass is 32.1. The standard InChI is InChI=1S/C13H19N3OS/c1-5-8-7-9-10(14)15-12(16-11(9)18-8)13(3,6-2)17-4/h7H,5-6H2,1-4H3,(H2,14,15,16).